The number of H-pyrrole nitrogens is 1. The van der Waals surface area contributed by atoms with Gasteiger partial charge in [0.2, 0.25) is 0 Å². The van der Waals surface area contributed by atoms with Crippen LogP contribution in [0.5, 0.6) is 0 Å². The second-order valence-corrected chi connectivity index (χ2v) is 9.40. The van der Waals surface area contributed by atoms with Gasteiger partial charge in [-0.1, -0.05) is 115 Å². The quantitative estimate of drug-likeness (QED) is 0.240. The third-order valence-corrected chi connectivity index (χ3v) is 6.89. The number of nitrogens with zero attached hydrogens (tertiary/aromatic N) is 1. The molecule has 0 saturated heterocycles. The monoisotopic (exact) mass is 493 g/mol. The summed E-state index contributed by atoms with van der Waals surface area (Å²) in [5.74, 6) is -0.0974. The Morgan fingerprint density at radius 2 is 1.42 bits per heavy atom. The third-order valence-electron chi connectivity index (χ3n) is 6.89. The van der Waals surface area contributed by atoms with Crippen molar-refractivity contribution < 1.29 is 4.79 Å². The molecule has 0 saturated carbocycles. The lowest BCUT2D eigenvalue weighted by molar-refractivity contribution is 0.0936. The van der Waals surface area contributed by atoms with Gasteiger partial charge in [0.15, 0.2) is 0 Å². The molecule has 5 aromatic carbocycles. The lowest BCUT2D eigenvalue weighted by Crippen LogP contribution is -2.30. The van der Waals surface area contributed by atoms with Gasteiger partial charge in [0.25, 0.3) is 5.91 Å². The first kappa shape index (κ1) is 23.4. The van der Waals surface area contributed by atoms with Crippen LogP contribution in [0.4, 0.5) is 0 Å². The average molecular weight is 494 g/mol. The minimum Gasteiger partial charge on any atom is -0.345 e. The standard InChI is InChI=1S/C34H27N3O/c38-34(35-31(26-13-5-2-6-14-26)22-24-10-3-1-4-11-24)28-20-18-27(19-21-28)32-23-33(37-36-32)30-17-9-15-25-12-7-8-16-29(25)30/h1-21,23,31H,22H2,(H,35,38)(H,36,37). The van der Waals surface area contributed by atoms with Crippen molar-refractivity contribution in [2.24, 2.45) is 0 Å². The molecule has 0 radical (unpaired) electrons. The highest BCUT2D eigenvalue weighted by molar-refractivity contribution is 5.97. The molecule has 1 unspecified atom stereocenters. The van der Waals surface area contributed by atoms with Crippen LogP contribution in [0.3, 0.4) is 0 Å². The first-order valence-electron chi connectivity index (χ1n) is 12.8. The topological polar surface area (TPSA) is 57.8 Å². The number of benzene rings is 5. The summed E-state index contributed by atoms with van der Waals surface area (Å²) in [4.78, 5) is 13.2. The molecule has 4 nitrogen and oxygen atoms in total. The molecule has 1 aromatic heterocycles. The summed E-state index contributed by atoms with van der Waals surface area (Å²) in [5.41, 5.74) is 6.75. The molecule has 6 aromatic rings. The predicted octanol–water partition coefficient (Wildman–Crippen LogP) is 7.61. The van der Waals surface area contributed by atoms with Crippen LogP contribution in [-0.4, -0.2) is 16.1 Å². The molecule has 4 heteroatoms. The number of carbonyl (C=O) groups excluding carboxylic acids is 1. The average Bonchev–Trinajstić information content (AvgIpc) is 3.48. The van der Waals surface area contributed by atoms with E-state index in [2.05, 4.69) is 82.2 Å². The Kier molecular flexibility index (Phi) is 6.52. The number of rotatable bonds is 7. The van der Waals surface area contributed by atoms with Gasteiger partial charge in [-0.15, -0.1) is 0 Å². The molecule has 6 rings (SSSR count). The fraction of sp³-hybridized carbons (Fsp3) is 0.0588. The zero-order chi connectivity index (χ0) is 25.7. The molecular formula is C34H27N3O. The second kappa shape index (κ2) is 10.6. The molecule has 2 N–H and O–H groups in total. The first-order valence-corrected chi connectivity index (χ1v) is 12.8. The number of carbonyl (C=O) groups is 1. The van der Waals surface area contributed by atoms with Gasteiger partial charge in [-0.2, -0.15) is 5.10 Å². The summed E-state index contributed by atoms with van der Waals surface area (Å²) in [6.07, 6.45) is 0.721. The molecule has 0 aliphatic rings. The summed E-state index contributed by atoms with van der Waals surface area (Å²) in [5, 5.41) is 13.4. The van der Waals surface area contributed by atoms with Crippen LogP contribution >= 0.6 is 0 Å². The SMILES string of the molecule is O=C(NC(Cc1ccccc1)c1ccccc1)c1ccc(-c2cc(-c3cccc4ccccc34)[nH]n2)cc1. The van der Waals surface area contributed by atoms with E-state index >= 15 is 0 Å². The molecule has 0 aliphatic heterocycles. The van der Waals surface area contributed by atoms with Crippen LogP contribution in [0.2, 0.25) is 0 Å². The van der Waals surface area contributed by atoms with E-state index in [1.54, 1.807) is 0 Å². The summed E-state index contributed by atoms with van der Waals surface area (Å²) in [6.45, 7) is 0. The number of aromatic amines is 1. The Morgan fingerprint density at radius 3 is 2.21 bits per heavy atom. The van der Waals surface area contributed by atoms with E-state index < -0.39 is 0 Å². The fourth-order valence-corrected chi connectivity index (χ4v) is 4.89. The molecule has 38 heavy (non-hydrogen) atoms. The second-order valence-electron chi connectivity index (χ2n) is 9.40. The summed E-state index contributed by atoms with van der Waals surface area (Å²) < 4.78 is 0. The van der Waals surface area contributed by atoms with Crippen LogP contribution < -0.4 is 5.32 Å². The molecule has 0 spiro atoms. The van der Waals surface area contributed by atoms with Crippen molar-refractivity contribution in [3.63, 3.8) is 0 Å². The molecule has 0 fully saturated rings. The van der Waals surface area contributed by atoms with Crippen molar-refractivity contribution in [3.8, 4) is 22.5 Å². The van der Waals surface area contributed by atoms with Crippen molar-refractivity contribution in [2.75, 3.05) is 0 Å². The third kappa shape index (κ3) is 4.97. The molecule has 184 valence electrons. The Balaban J connectivity index is 1.21. The first-order chi connectivity index (χ1) is 18.7. The van der Waals surface area contributed by atoms with Crippen LogP contribution in [0.1, 0.15) is 27.5 Å². The zero-order valence-electron chi connectivity index (χ0n) is 20.8. The number of aromatic nitrogens is 2. The van der Waals surface area contributed by atoms with E-state index in [-0.39, 0.29) is 11.9 Å². The smallest absolute Gasteiger partial charge is 0.251 e. The van der Waals surface area contributed by atoms with E-state index in [0.717, 1.165) is 34.5 Å². The van der Waals surface area contributed by atoms with Crippen LogP contribution in [0.15, 0.2) is 133 Å². The highest BCUT2D eigenvalue weighted by Gasteiger charge is 2.17. The van der Waals surface area contributed by atoms with Gasteiger partial charge in [0, 0.05) is 16.7 Å². The number of fused-ring (bicyclic) bond motifs is 1. The van der Waals surface area contributed by atoms with Crippen LogP contribution in [-0.2, 0) is 6.42 Å². The maximum absolute atomic E-state index is 13.2. The lowest BCUT2D eigenvalue weighted by atomic mass is 9.98. The van der Waals surface area contributed by atoms with Gasteiger partial charge in [-0.3, -0.25) is 9.89 Å². The summed E-state index contributed by atoms with van der Waals surface area (Å²) in [7, 11) is 0. The molecule has 0 bridgehead atoms. The van der Waals surface area contributed by atoms with Crippen molar-refractivity contribution >= 4 is 16.7 Å². The fourth-order valence-electron chi connectivity index (χ4n) is 4.89. The van der Waals surface area contributed by atoms with Crippen molar-refractivity contribution in [1.82, 2.24) is 15.5 Å². The van der Waals surface area contributed by atoms with Gasteiger partial charge in [-0.05, 0) is 46.5 Å². The highest BCUT2D eigenvalue weighted by Crippen LogP contribution is 2.30. The van der Waals surface area contributed by atoms with Crippen molar-refractivity contribution in [1.29, 1.82) is 0 Å². The predicted molar refractivity (Wildman–Crippen MR) is 154 cm³/mol. The van der Waals surface area contributed by atoms with E-state index in [1.807, 2.05) is 66.7 Å². The number of amides is 1. The molecule has 1 heterocycles. The molecular weight excluding hydrogens is 466 g/mol. The van der Waals surface area contributed by atoms with Crippen molar-refractivity contribution in [3.05, 3.63) is 150 Å². The minimum atomic E-state index is -0.125. The maximum Gasteiger partial charge on any atom is 0.251 e. The van der Waals surface area contributed by atoms with Gasteiger partial charge < -0.3 is 5.32 Å². The maximum atomic E-state index is 13.2. The van der Waals surface area contributed by atoms with E-state index in [0.29, 0.717) is 5.56 Å². The molecule has 0 aliphatic carbocycles. The summed E-state index contributed by atoms with van der Waals surface area (Å²) >= 11 is 0. The number of hydrogen-bond acceptors (Lipinski definition) is 2. The zero-order valence-corrected chi connectivity index (χ0v) is 20.8. The highest BCUT2D eigenvalue weighted by atomic mass is 16.1. The van der Waals surface area contributed by atoms with Gasteiger partial charge >= 0.3 is 0 Å². The normalized spacial score (nSPS) is 11.8. The van der Waals surface area contributed by atoms with Crippen molar-refractivity contribution in [2.45, 2.75) is 12.5 Å². The Hall–Kier alpha value is -4.96. The number of nitrogens with one attached hydrogen (secondary N) is 2. The van der Waals surface area contributed by atoms with Crippen LogP contribution in [0.25, 0.3) is 33.3 Å². The molecule has 1 atom stereocenters. The largest absolute Gasteiger partial charge is 0.345 e. The number of hydrogen-bond donors (Lipinski definition) is 2. The Bertz CT molecular complexity index is 1670. The van der Waals surface area contributed by atoms with Gasteiger partial charge in [0.1, 0.15) is 0 Å². The lowest BCUT2D eigenvalue weighted by Gasteiger charge is -2.20. The minimum absolute atomic E-state index is 0.0974. The van der Waals surface area contributed by atoms with Gasteiger partial charge in [0.05, 0.1) is 17.4 Å². The van der Waals surface area contributed by atoms with E-state index in [4.69, 9.17) is 0 Å². The molecule has 1 amide bonds. The Labute approximate surface area is 222 Å². The van der Waals surface area contributed by atoms with E-state index in [9.17, 15) is 4.79 Å². The van der Waals surface area contributed by atoms with Gasteiger partial charge in [-0.25, -0.2) is 0 Å². The summed E-state index contributed by atoms with van der Waals surface area (Å²) in [6, 6.07) is 44.5. The Morgan fingerprint density at radius 1 is 0.737 bits per heavy atom. The van der Waals surface area contributed by atoms with E-state index in [1.165, 1.54) is 16.3 Å². The van der Waals surface area contributed by atoms with Crippen LogP contribution in [0, 0.1) is 0 Å².